The molecule has 1 saturated heterocycles. The highest BCUT2D eigenvalue weighted by atomic mass is 32.2. The minimum atomic E-state index is 0.614. The zero-order valence-corrected chi connectivity index (χ0v) is 12.7. The average molecular weight is 310 g/mol. The third-order valence-electron chi connectivity index (χ3n) is 2.97. The number of H-pyrrole nitrogens is 1. The Morgan fingerprint density at radius 2 is 2.21 bits per heavy atom. The summed E-state index contributed by atoms with van der Waals surface area (Å²) in [5.74, 6) is 4.58. The Morgan fingerprint density at radius 1 is 1.37 bits per heavy atom. The second kappa shape index (κ2) is 6.11. The van der Waals surface area contributed by atoms with E-state index < -0.39 is 0 Å². The number of aromatic amines is 1. The van der Waals surface area contributed by atoms with Gasteiger partial charge in [-0.25, -0.2) is 0 Å². The van der Waals surface area contributed by atoms with Gasteiger partial charge in [-0.3, -0.25) is 14.6 Å². The standard InChI is InChI=1S/C12H14N4S3/c17-12-15-14-11(9-1-3-13-4-2-9)16(12)7-10-8-18-5-6-19-10/h1-4,10H,5-8H2,(H,15,17). The quantitative estimate of drug-likeness (QED) is 0.883. The monoisotopic (exact) mass is 310 g/mol. The number of nitrogens with one attached hydrogen (secondary N) is 1. The molecule has 0 saturated carbocycles. The van der Waals surface area contributed by atoms with Crippen LogP contribution in [0.2, 0.25) is 0 Å². The summed E-state index contributed by atoms with van der Waals surface area (Å²) in [5, 5.41) is 7.87. The van der Waals surface area contributed by atoms with Gasteiger partial charge in [0.25, 0.3) is 0 Å². The molecule has 0 amide bonds. The molecule has 100 valence electrons. The third kappa shape index (κ3) is 3.04. The fourth-order valence-electron chi connectivity index (χ4n) is 2.05. The third-order valence-corrected chi connectivity index (χ3v) is 6.11. The number of thioether (sulfide) groups is 2. The predicted octanol–water partition coefficient (Wildman–Crippen LogP) is 2.85. The van der Waals surface area contributed by atoms with Gasteiger partial charge in [0.2, 0.25) is 0 Å². The summed E-state index contributed by atoms with van der Waals surface area (Å²) in [6, 6.07) is 3.93. The van der Waals surface area contributed by atoms with Crippen LogP contribution in [0.1, 0.15) is 0 Å². The van der Waals surface area contributed by atoms with Crippen LogP contribution in [0.5, 0.6) is 0 Å². The fourth-order valence-corrected chi connectivity index (χ4v) is 4.91. The maximum Gasteiger partial charge on any atom is 0.195 e. The number of hydrogen-bond acceptors (Lipinski definition) is 5. The first-order valence-electron chi connectivity index (χ1n) is 6.09. The number of nitrogens with zero attached hydrogens (tertiary/aromatic N) is 3. The normalized spacial score (nSPS) is 19.5. The minimum absolute atomic E-state index is 0.614. The van der Waals surface area contributed by atoms with E-state index in [1.165, 1.54) is 17.3 Å². The molecule has 3 heterocycles. The van der Waals surface area contributed by atoms with Gasteiger partial charge in [-0.05, 0) is 24.4 Å². The smallest absolute Gasteiger partial charge is 0.195 e. The van der Waals surface area contributed by atoms with E-state index in [2.05, 4.69) is 19.7 Å². The zero-order valence-electron chi connectivity index (χ0n) is 10.3. The summed E-state index contributed by atoms with van der Waals surface area (Å²) in [5.41, 5.74) is 1.05. The van der Waals surface area contributed by atoms with Gasteiger partial charge < -0.3 is 0 Å². The number of rotatable bonds is 3. The van der Waals surface area contributed by atoms with Gasteiger partial charge in [0.1, 0.15) is 0 Å². The summed E-state index contributed by atoms with van der Waals surface area (Å²) in [7, 11) is 0. The Bertz CT molecular complexity index is 587. The van der Waals surface area contributed by atoms with E-state index in [1.807, 2.05) is 35.7 Å². The summed E-state index contributed by atoms with van der Waals surface area (Å²) in [6.07, 6.45) is 3.56. The van der Waals surface area contributed by atoms with Crippen molar-refractivity contribution in [3.8, 4) is 11.4 Å². The van der Waals surface area contributed by atoms with Crippen LogP contribution in [0.15, 0.2) is 24.5 Å². The number of pyridine rings is 1. The molecule has 19 heavy (non-hydrogen) atoms. The SMILES string of the molecule is S=c1[nH]nc(-c2ccncc2)n1CC1CSCCS1. The molecule has 0 bridgehead atoms. The molecule has 2 aromatic rings. The van der Waals surface area contributed by atoms with Crippen molar-refractivity contribution < 1.29 is 0 Å². The predicted molar refractivity (Wildman–Crippen MR) is 84.2 cm³/mol. The first kappa shape index (κ1) is 13.2. The van der Waals surface area contributed by atoms with E-state index in [9.17, 15) is 0 Å². The first-order chi connectivity index (χ1) is 9.34. The molecule has 0 spiro atoms. The Labute approximate surface area is 125 Å². The van der Waals surface area contributed by atoms with Crippen LogP contribution >= 0.6 is 35.7 Å². The minimum Gasteiger partial charge on any atom is -0.299 e. The van der Waals surface area contributed by atoms with E-state index >= 15 is 0 Å². The lowest BCUT2D eigenvalue weighted by molar-refractivity contribution is 0.690. The van der Waals surface area contributed by atoms with Crippen LogP contribution in [-0.4, -0.2) is 42.3 Å². The molecule has 3 rings (SSSR count). The van der Waals surface area contributed by atoms with Crippen molar-refractivity contribution in [2.45, 2.75) is 11.8 Å². The molecule has 1 N–H and O–H groups in total. The van der Waals surface area contributed by atoms with Crippen molar-refractivity contribution in [2.24, 2.45) is 0 Å². The highest BCUT2D eigenvalue weighted by molar-refractivity contribution is 8.06. The van der Waals surface area contributed by atoms with Crippen molar-refractivity contribution in [1.82, 2.24) is 19.7 Å². The van der Waals surface area contributed by atoms with Gasteiger partial charge in [-0.1, -0.05) is 0 Å². The van der Waals surface area contributed by atoms with E-state index in [4.69, 9.17) is 12.2 Å². The molecule has 1 atom stereocenters. The maximum absolute atomic E-state index is 5.35. The van der Waals surface area contributed by atoms with Gasteiger partial charge >= 0.3 is 0 Å². The highest BCUT2D eigenvalue weighted by Crippen LogP contribution is 2.26. The van der Waals surface area contributed by atoms with E-state index in [1.54, 1.807) is 12.4 Å². The van der Waals surface area contributed by atoms with Crippen molar-refractivity contribution in [2.75, 3.05) is 17.3 Å². The number of hydrogen-bond donors (Lipinski definition) is 1. The molecule has 1 aliphatic heterocycles. The molecule has 4 nitrogen and oxygen atoms in total. The molecule has 0 radical (unpaired) electrons. The van der Waals surface area contributed by atoms with Gasteiger partial charge in [-0.2, -0.15) is 28.6 Å². The van der Waals surface area contributed by atoms with Gasteiger partial charge in [0.15, 0.2) is 10.6 Å². The van der Waals surface area contributed by atoms with E-state index in [0.717, 1.165) is 17.9 Å². The maximum atomic E-state index is 5.35. The molecule has 1 fully saturated rings. The fraction of sp³-hybridized carbons (Fsp3) is 0.417. The molecule has 0 aromatic carbocycles. The molecule has 2 aromatic heterocycles. The lowest BCUT2D eigenvalue weighted by Crippen LogP contribution is -2.21. The summed E-state index contributed by atoms with van der Waals surface area (Å²) >= 11 is 9.41. The van der Waals surface area contributed by atoms with E-state index in [-0.39, 0.29) is 0 Å². The second-order valence-electron chi connectivity index (χ2n) is 4.27. The lowest BCUT2D eigenvalue weighted by Gasteiger charge is -2.21. The summed E-state index contributed by atoms with van der Waals surface area (Å²) < 4.78 is 2.80. The topological polar surface area (TPSA) is 46.5 Å². The average Bonchev–Trinajstić information content (AvgIpc) is 2.82. The highest BCUT2D eigenvalue weighted by Gasteiger charge is 2.18. The van der Waals surface area contributed by atoms with Crippen LogP contribution in [-0.2, 0) is 6.54 Å². The van der Waals surface area contributed by atoms with Crippen molar-refractivity contribution in [3.63, 3.8) is 0 Å². The zero-order chi connectivity index (χ0) is 13.1. The van der Waals surface area contributed by atoms with Crippen molar-refractivity contribution >= 4 is 35.7 Å². The van der Waals surface area contributed by atoms with Crippen molar-refractivity contribution in [1.29, 1.82) is 0 Å². The largest absolute Gasteiger partial charge is 0.299 e. The summed E-state index contributed by atoms with van der Waals surface area (Å²) in [4.78, 5) is 4.04. The van der Waals surface area contributed by atoms with Crippen LogP contribution in [0, 0.1) is 4.77 Å². The summed E-state index contributed by atoms with van der Waals surface area (Å²) in [6.45, 7) is 0.921. The Morgan fingerprint density at radius 3 is 2.95 bits per heavy atom. The van der Waals surface area contributed by atoms with Crippen molar-refractivity contribution in [3.05, 3.63) is 29.3 Å². The Kier molecular flexibility index (Phi) is 4.24. The second-order valence-corrected chi connectivity index (χ2v) is 7.21. The van der Waals surface area contributed by atoms with Crippen LogP contribution in [0.25, 0.3) is 11.4 Å². The van der Waals surface area contributed by atoms with Gasteiger partial charge in [0.05, 0.1) is 0 Å². The van der Waals surface area contributed by atoms with Gasteiger partial charge in [0, 0.05) is 47.0 Å². The van der Waals surface area contributed by atoms with Gasteiger partial charge in [-0.15, -0.1) is 0 Å². The Hall–Kier alpha value is -0.790. The molecule has 0 aliphatic carbocycles. The molecular weight excluding hydrogens is 296 g/mol. The molecule has 1 aliphatic rings. The molecular formula is C12H14N4S3. The first-order valence-corrected chi connectivity index (χ1v) is 8.71. The molecule has 1 unspecified atom stereocenters. The van der Waals surface area contributed by atoms with Crippen LogP contribution < -0.4 is 0 Å². The van der Waals surface area contributed by atoms with Crippen LogP contribution in [0.4, 0.5) is 0 Å². The lowest BCUT2D eigenvalue weighted by atomic mass is 10.2. The van der Waals surface area contributed by atoms with Crippen LogP contribution in [0.3, 0.4) is 0 Å². The number of aromatic nitrogens is 4. The molecule has 7 heteroatoms. The van der Waals surface area contributed by atoms with E-state index in [0.29, 0.717) is 10.0 Å². The Balaban J connectivity index is 1.88.